The van der Waals surface area contributed by atoms with Gasteiger partial charge in [-0.2, -0.15) is 4.31 Å². The predicted molar refractivity (Wildman–Crippen MR) is 140 cm³/mol. The van der Waals surface area contributed by atoms with Crippen molar-refractivity contribution in [3.63, 3.8) is 0 Å². The summed E-state index contributed by atoms with van der Waals surface area (Å²) in [5.41, 5.74) is 1.58. The van der Waals surface area contributed by atoms with Gasteiger partial charge < -0.3 is 14.8 Å². The van der Waals surface area contributed by atoms with Gasteiger partial charge in [0, 0.05) is 26.2 Å². The number of carbonyl (C=O) groups excluding carboxylic acids is 1. The Labute approximate surface area is 222 Å². The second-order valence-corrected chi connectivity index (χ2v) is 12.2. The summed E-state index contributed by atoms with van der Waals surface area (Å²) in [5.74, 6) is -0.0314. The van der Waals surface area contributed by atoms with Crippen LogP contribution >= 0.6 is 0 Å². The number of amides is 1. The molecule has 4 rings (SSSR count). The number of rotatable bonds is 11. The summed E-state index contributed by atoms with van der Waals surface area (Å²) in [7, 11) is -7.27. The van der Waals surface area contributed by atoms with Crippen molar-refractivity contribution < 1.29 is 31.1 Å². The zero-order valence-electron chi connectivity index (χ0n) is 20.6. The topological polar surface area (TPSA) is 131 Å². The third kappa shape index (κ3) is 7.39. The molecule has 1 amide bonds. The summed E-state index contributed by atoms with van der Waals surface area (Å²) in [6.45, 7) is 1.51. The Bertz CT molecular complexity index is 1420. The maximum Gasteiger partial charge on any atom is 0.258 e. The summed E-state index contributed by atoms with van der Waals surface area (Å²) < 4.78 is 65.0. The zero-order chi connectivity index (χ0) is 27.0. The fourth-order valence-electron chi connectivity index (χ4n) is 3.69. The van der Waals surface area contributed by atoms with Crippen LogP contribution in [0.5, 0.6) is 5.75 Å². The van der Waals surface area contributed by atoms with Crippen LogP contribution in [0.2, 0.25) is 0 Å². The second-order valence-electron chi connectivity index (χ2n) is 8.51. The molecular weight excluding hydrogens is 530 g/mol. The first-order chi connectivity index (χ1) is 18.2. The van der Waals surface area contributed by atoms with Crippen molar-refractivity contribution >= 4 is 26.0 Å². The van der Waals surface area contributed by atoms with Gasteiger partial charge in [-0.05, 0) is 47.5 Å². The molecule has 0 bridgehead atoms. The van der Waals surface area contributed by atoms with Gasteiger partial charge in [-0.25, -0.2) is 21.6 Å². The Kier molecular flexibility index (Phi) is 9.13. The third-order valence-electron chi connectivity index (χ3n) is 5.83. The molecule has 1 aliphatic rings. The van der Waals surface area contributed by atoms with Crippen molar-refractivity contribution in [2.24, 2.45) is 0 Å². The van der Waals surface area contributed by atoms with Crippen molar-refractivity contribution in [1.29, 1.82) is 0 Å². The van der Waals surface area contributed by atoms with Crippen LogP contribution in [0, 0.1) is 0 Å². The SMILES string of the molecule is O=C(COc1ccc(S(=O)(=O)NCc2ccccc2)cc1)NCc1ccc(S(=O)(=O)N2CCOCC2)cc1. The van der Waals surface area contributed by atoms with Crippen LogP contribution in [-0.2, 0) is 42.7 Å². The monoisotopic (exact) mass is 559 g/mol. The van der Waals surface area contributed by atoms with Crippen molar-refractivity contribution in [3.05, 3.63) is 90.0 Å². The van der Waals surface area contributed by atoms with Gasteiger partial charge in [0.25, 0.3) is 5.91 Å². The minimum Gasteiger partial charge on any atom is -0.484 e. The molecule has 3 aromatic carbocycles. The number of hydrogen-bond acceptors (Lipinski definition) is 7. The Morgan fingerprint density at radius 1 is 0.789 bits per heavy atom. The van der Waals surface area contributed by atoms with E-state index in [-0.39, 0.29) is 35.4 Å². The maximum absolute atomic E-state index is 12.7. The molecule has 38 heavy (non-hydrogen) atoms. The zero-order valence-corrected chi connectivity index (χ0v) is 22.2. The van der Waals surface area contributed by atoms with Crippen molar-refractivity contribution in [2.45, 2.75) is 22.9 Å². The van der Waals surface area contributed by atoms with E-state index in [2.05, 4.69) is 10.0 Å². The number of morpholine rings is 1. The Hall–Kier alpha value is -3.29. The van der Waals surface area contributed by atoms with Gasteiger partial charge in [-0.15, -0.1) is 0 Å². The van der Waals surface area contributed by atoms with Crippen LogP contribution < -0.4 is 14.8 Å². The lowest BCUT2D eigenvalue weighted by atomic mass is 10.2. The number of ether oxygens (including phenoxy) is 2. The molecule has 0 spiro atoms. The maximum atomic E-state index is 12.7. The quantitative estimate of drug-likeness (QED) is 0.367. The first kappa shape index (κ1) is 27.7. The first-order valence-corrected chi connectivity index (χ1v) is 14.9. The number of nitrogens with one attached hydrogen (secondary N) is 2. The molecule has 0 aliphatic carbocycles. The van der Waals surface area contributed by atoms with Crippen molar-refractivity contribution in [2.75, 3.05) is 32.9 Å². The first-order valence-electron chi connectivity index (χ1n) is 11.9. The molecule has 3 aromatic rings. The van der Waals surface area contributed by atoms with E-state index in [0.717, 1.165) is 11.1 Å². The van der Waals surface area contributed by atoms with Crippen LogP contribution in [0.4, 0.5) is 0 Å². The Balaban J connectivity index is 1.23. The van der Waals surface area contributed by atoms with Gasteiger partial charge >= 0.3 is 0 Å². The summed E-state index contributed by atoms with van der Waals surface area (Å²) in [6, 6.07) is 21.3. The smallest absolute Gasteiger partial charge is 0.258 e. The average molecular weight is 560 g/mol. The minimum atomic E-state index is -3.70. The van der Waals surface area contributed by atoms with E-state index in [4.69, 9.17) is 9.47 Å². The number of sulfonamides is 2. The van der Waals surface area contributed by atoms with Crippen molar-refractivity contribution in [3.8, 4) is 5.75 Å². The van der Waals surface area contributed by atoms with Gasteiger partial charge in [0.15, 0.2) is 6.61 Å². The van der Waals surface area contributed by atoms with Crippen LogP contribution in [-0.4, -0.2) is 60.0 Å². The highest BCUT2D eigenvalue weighted by atomic mass is 32.2. The molecule has 0 atom stereocenters. The number of carbonyl (C=O) groups is 1. The molecule has 1 saturated heterocycles. The second kappa shape index (κ2) is 12.5. The van der Waals surface area contributed by atoms with Gasteiger partial charge in [-0.1, -0.05) is 42.5 Å². The lowest BCUT2D eigenvalue weighted by molar-refractivity contribution is -0.123. The van der Waals surface area contributed by atoms with E-state index < -0.39 is 20.0 Å². The normalized spacial score (nSPS) is 14.6. The van der Waals surface area contributed by atoms with Crippen LogP contribution in [0.3, 0.4) is 0 Å². The molecule has 1 heterocycles. The molecule has 2 N–H and O–H groups in total. The van der Waals surface area contributed by atoms with Gasteiger partial charge in [-0.3, -0.25) is 4.79 Å². The molecule has 1 aliphatic heterocycles. The lowest BCUT2D eigenvalue weighted by Crippen LogP contribution is -2.40. The molecular formula is C26H29N3O7S2. The lowest BCUT2D eigenvalue weighted by Gasteiger charge is -2.26. The van der Waals surface area contributed by atoms with E-state index in [1.54, 1.807) is 12.1 Å². The highest BCUT2D eigenvalue weighted by Crippen LogP contribution is 2.18. The molecule has 0 saturated carbocycles. The fraction of sp³-hybridized carbons (Fsp3) is 0.269. The van der Waals surface area contributed by atoms with E-state index in [1.165, 1.54) is 40.7 Å². The third-order valence-corrected chi connectivity index (χ3v) is 9.16. The number of nitrogens with zero attached hydrogens (tertiary/aromatic N) is 1. The highest BCUT2D eigenvalue weighted by molar-refractivity contribution is 7.89. The van der Waals surface area contributed by atoms with Crippen LogP contribution in [0.15, 0.2) is 88.7 Å². The Morgan fingerprint density at radius 3 is 2.05 bits per heavy atom. The molecule has 10 nitrogen and oxygen atoms in total. The fourth-order valence-corrected chi connectivity index (χ4v) is 6.11. The van der Waals surface area contributed by atoms with E-state index in [9.17, 15) is 21.6 Å². The predicted octanol–water partition coefficient (Wildman–Crippen LogP) is 1.88. The molecule has 202 valence electrons. The summed E-state index contributed by atoms with van der Waals surface area (Å²) in [5, 5.41) is 2.71. The van der Waals surface area contributed by atoms with E-state index in [0.29, 0.717) is 32.1 Å². The average Bonchev–Trinajstić information content (AvgIpc) is 2.95. The number of hydrogen-bond donors (Lipinski definition) is 2. The minimum absolute atomic E-state index is 0.0873. The van der Waals surface area contributed by atoms with Gasteiger partial charge in [0.05, 0.1) is 23.0 Å². The molecule has 12 heteroatoms. The van der Waals surface area contributed by atoms with Gasteiger partial charge in [0.2, 0.25) is 20.0 Å². The summed E-state index contributed by atoms with van der Waals surface area (Å²) in [6.07, 6.45) is 0. The number of benzene rings is 3. The standard InChI is InChI=1S/C26H29N3O7S2/c30-26(27-18-22-6-10-25(11-7-22)38(33,34)29-14-16-35-17-15-29)20-36-23-8-12-24(13-9-23)37(31,32)28-19-21-4-2-1-3-5-21/h1-13,28H,14-20H2,(H,27,30). The van der Waals surface area contributed by atoms with Gasteiger partial charge in [0.1, 0.15) is 5.75 Å². The summed E-state index contributed by atoms with van der Waals surface area (Å²) in [4.78, 5) is 12.5. The molecule has 0 aromatic heterocycles. The summed E-state index contributed by atoms with van der Waals surface area (Å²) >= 11 is 0. The largest absolute Gasteiger partial charge is 0.484 e. The molecule has 1 fully saturated rings. The molecule has 0 unspecified atom stereocenters. The van der Waals surface area contributed by atoms with Crippen LogP contribution in [0.25, 0.3) is 0 Å². The van der Waals surface area contributed by atoms with E-state index in [1.807, 2.05) is 30.3 Å². The van der Waals surface area contributed by atoms with E-state index >= 15 is 0 Å². The Morgan fingerprint density at radius 2 is 1.39 bits per heavy atom. The van der Waals surface area contributed by atoms with Crippen LogP contribution in [0.1, 0.15) is 11.1 Å². The molecule has 0 radical (unpaired) electrons. The van der Waals surface area contributed by atoms with Crippen molar-refractivity contribution in [1.82, 2.24) is 14.3 Å². The highest BCUT2D eigenvalue weighted by Gasteiger charge is 2.26.